The molecule has 1 saturated heterocycles. The van der Waals surface area contributed by atoms with Gasteiger partial charge < -0.3 is 9.88 Å². The molecule has 0 saturated carbocycles. The number of nitrogens with one attached hydrogen (secondary N) is 1. The Morgan fingerprint density at radius 3 is 3.07 bits per heavy atom. The van der Waals surface area contributed by atoms with Crippen molar-refractivity contribution in [1.82, 2.24) is 19.8 Å². The van der Waals surface area contributed by atoms with Crippen LogP contribution in [0.1, 0.15) is 6.42 Å². The van der Waals surface area contributed by atoms with Crippen molar-refractivity contribution in [3.63, 3.8) is 0 Å². The van der Waals surface area contributed by atoms with Gasteiger partial charge in [0.1, 0.15) is 0 Å². The highest BCUT2D eigenvalue weighted by Gasteiger charge is 2.19. The maximum Gasteiger partial charge on any atom is 0.0946 e. The maximum absolute atomic E-state index is 4.03. The highest BCUT2D eigenvalue weighted by molar-refractivity contribution is 4.80. The zero-order valence-electron chi connectivity index (χ0n) is 8.69. The standard InChI is InChI=1S/C10H18N4/c1-11-10-2-4-13(8-10)6-7-14-5-3-12-9-14/h3,5,9-11H,2,4,6-8H2,1H3. The molecule has 14 heavy (non-hydrogen) atoms. The first-order valence-electron chi connectivity index (χ1n) is 5.24. The van der Waals surface area contributed by atoms with Crippen LogP contribution in [0.15, 0.2) is 18.7 Å². The predicted octanol–water partition coefficient (Wildman–Crippen LogP) is 0.177. The summed E-state index contributed by atoms with van der Waals surface area (Å²) in [6.07, 6.45) is 7.01. The second-order valence-electron chi connectivity index (χ2n) is 3.88. The van der Waals surface area contributed by atoms with Crippen molar-refractivity contribution in [3.8, 4) is 0 Å². The minimum atomic E-state index is 0.692. The summed E-state index contributed by atoms with van der Waals surface area (Å²) in [5.41, 5.74) is 0. The summed E-state index contributed by atoms with van der Waals surface area (Å²) in [5, 5.41) is 3.33. The van der Waals surface area contributed by atoms with Gasteiger partial charge in [-0.25, -0.2) is 4.98 Å². The first-order valence-corrected chi connectivity index (χ1v) is 5.24. The van der Waals surface area contributed by atoms with Crippen molar-refractivity contribution >= 4 is 0 Å². The molecule has 0 bridgehead atoms. The number of hydrogen-bond donors (Lipinski definition) is 1. The largest absolute Gasteiger partial charge is 0.336 e. The van der Waals surface area contributed by atoms with E-state index in [0.717, 1.165) is 13.1 Å². The number of likely N-dealkylation sites (N-methyl/N-ethyl adjacent to an activating group) is 1. The fourth-order valence-electron chi connectivity index (χ4n) is 1.95. The number of rotatable bonds is 4. The van der Waals surface area contributed by atoms with E-state index in [1.807, 2.05) is 25.8 Å². The van der Waals surface area contributed by atoms with Gasteiger partial charge >= 0.3 is 0 Å². The molecule has 0 radical (unpaired) electrons. The molecular weight excluding hydrogens is 176 g/mol. The van der Waals surface area contributed by atoms with Crippen molar-refractivity contribution in [2.75, 3.05) is 26.7 Å². The van der Waals surface area contributed by atoms with Crippen LogP contribution in [-0.2, 0) is 6.54 Å². The topological polar surface area (TPSA) is 33.1 Å². The minimum absolute atomic E-state index is 0.692. The second-order valence-corrected chi connectivity index (χ2v) is 3.88. The number of nitrogens with zero attached hydrogens (tertiary/aromatic N) is 3. The van der Waals surface area contributed by atoms with E-state index in [1.165, 1.54) is 19.5 Å². The SMILES string of the molecule is CNC1CCN(CCn2ccnc2)C1. The summed E-state index contributed by atoms with van der Waals surface area (Å²) in [4.78, 5) is 6.53. The van der Waals surface area contributed by atoms with Gasteiger partial charge in [0, 0.05) is 38.1 Å². The molecule has 0 spiro atoms. The molecule has 1 aromatic rings. The van der Waals surface area contributed by atoms with Crippen LogP contribution in [0.4, 0.5) is 0 Å². The summed E-state index contributed by atoms with van der Waals surface area (Å²) in [7, 11) is 2.05. The summed E-state index contributed by atoms with van der Waals surface area (Å²) in [5.74, 6) is 0. The van der Waals surface area contributed by atoms with E-state index in [-0.39, 0.29) is 0 Å². The summed E-state index contributed by atoms with van der Waals surface area (Å²) >= 11 is 0. The molecule has 2 heterocycles. The Hall–Kier alpha value is -0.870. The Morgan fingerprint density at radius 2 is 2.43 bits per heavy atom. The lowest BCUT2D eigenvalue weighted by molar-refractivity contribution is 0.314. The number of hydrogen-bond acceptors (Lipinski definition) is 3. The lowest BCUT2D eigenvalue weighted by Crippen LogP contribution is -2.31. The third-order valence-electron chi connectivity index (χ3n) is 2.91. The third-order valence-corrected chi connectivity index (χ3v) is 2.91. The lowest BCUT2D eigenvalue weighted by Gasteiger charge is -2.15. The van der Waals surface area contributed by atoms with E-state index in [2.05, 4.69) is 19.8 Å². The molecule has 0 aliphatic carbocycles. The van der Waals surface area contributed by atoms with Crippen LogP contribution < -0.4 is 5.32 Å². The molecular formula is C10H18N4. The Balaban J connectivity index is 1.72. The predicted molar refractivity (Wildman–Crippen MR) is 56.1 cm³/mol. The van der Waals surface area contributed by atoms with Gasteiger partial charge in [0.25, 0.3) is 0 Å². The molecule has 0 aromatic carbocycles. The number of imidazole rings is 1. The molecule has 1 unspecified atom stereocenters. The van der Waals surface area contributed by atoms with E-state index < -0.39 is 0 Å². The first kappa shape index (κ1) is 9.68. The van der Waals surface area contributed by atoms with E-state index in [1.54, 1.807) is 0 Å². The van der Waals surface area contributed by atoms with Crippen molar-refractivity contribution in [2.45, 2.75) is 19.0 Å². The Morgan fingerprint density at radius 1 is 1.50 bits per heavy atom. The lowest BCUT2D eigenvalue weighted by atomic mass is 10.3. The van der Waals surface area contributed by atoms with Crippen LogP contribution in [0.5, 0.6) is 0 Å². The molecule has 4 heteroatoms. The van der Waals surface area contributed by atoms with Gasteiger partial charge in [0.2, 0.25) is 0 Å². The summed E-state index contributed by atoms with van der Waals surface area (Å²) in [6.45, 7) is 4.59. The van der Waals surface area contributed by atoms with E-state index in [0.29, 0.717) is 6.04 Å². The zero-order valence-corrected chi connectivity index (χ0v) is 8.69. The Kier molecular flexibility index (Phi) is 3.16. The van der Waals surface area contributed by atoms with E-state index in [4.69, 9.17) is 0 Å². The van der Waals surface area contributed by atoms with Crippen molar-refractivity contribution < 1.29 is 0 Å². The molecule has 1 aromatic heterocycles. The maximum atomic E-state index is 4.03. The van der Waals surface area contributed by atoms with Crippen molar-refractivity contribution in [2.24, 2.45) is 0 Å². The van der Waals surface area contributed by atoms with Gasteiger partial charge in [0.15, 0.2) is 0 Å². The normalized spacial score (nSPS) is 23.1. The van der Waals surface area contributed by atoms with Crippen LogP contribution >= 0.6 is 0 Å². The van der Waals surface area contributed by atoms with Crippen molar-refractivity contribution in [1.29, 1.82) is 0 Å². The number of aromatic nitrogens is 2. The highest BCUT2D eigenvalue weighted by atomic mass is 15.2. The van der Waals surface area contributed by atoms with Gasteiger partial charge in [-0.15, -0.1) is 0 Å². The van der Waals surface area contributed by atoms with Crippen LogP contribution in [0.2, 0.25) is 0 Å². The Labute approximate surface area is 84.9 Å². The molecule has 0 amide bonds. The molecule has 1 aliphatic rings. The Bertz CT molecular complexity index is 257. The van der Waals surface area contributed by atoms with E-state index >= 15 is 0 Å². The van der Waals surface area contributed by atoms with Gasteiger partial charge in [-0.1, -0.05) is 0 Å². The first-order chi connectivity index (χ1) is 6.88. The van der Waals surface area contributed by atoms with Gasteiger partial charge in [-0.2, -0.15) is 0 Å². The van der Waals surface area contributed by atoms with Gasteiger partial charge in [0.05, 0.1) is 6.33 Å². The molecule has 4 nitrogen and oxygen atoms in total. The quantitative estimate of drug-likeness (QED) is 0.742. The van der Waals surface area contributed by atoms with Gasteiger partial charge in [-0.05, 0) is 20.0 Å². The van der Waals surface area contributed by atoms with E-state index in [9.17, 15) is 0 Å². The van der Waals surface area contributed by atoms with Crippen LogP contribution in [0, 0.1) is 0 Å². The molecule has 78 valence electrons. The second kappa shape index (κ2) is 4.57. The summed E-state index contributed by atoms with van der Waals surface area (Å²) < 4.78 is 2.13. The van der Waals surface area contributed by atoms with Crippen molar-refractivity contribution in [3.05, 3.63) is 18.7 Å². The smallest absolute Gasteiger partial charge is 0.0946 e. The average molecular weight is 194 g/mol. The average Bonchev–Trinajstić information content (AvgIpc) is 2.86. The monoisotopic (exact) mass is 194 g/mol. The van der Waals surface area contributed by atoms with Crippen LogP contribution in [0.3, 0.4) is 0 Å². The molecule has 2 rings (SSSR count). The molecule has 1 fully saturated rings. The fourth-order valence-corrected chi connectivity index (χ4v) is 1.95. The van der Waals surface area contributed by atoms with Gasteiger partial charge in [-0.3, -0.25) is 4.90 Å². The number of likely N-dealkylation sites (tertiary alicyclic amines) is 1. The minimum Gasteiger partial charge on any atom is -0.336 e. The molecule has 1 N–H and O–H groups in total. The molecule has 1 atom stereocenters. The zero-order chi connectivity index (χ0) is 9.80. The fraction of sp³-hybridized carbons (Fsp3) is 0.700. The molecule has 1 aliphatic heterocycles. The van der Waals surface area contributed by atoms with Crippen LogP contribution in [0.25, 0.3) is 0 Å². The summed E-state index contributed by atoms with van der Waals surface area (Å²) in [6, 6.07) is 0.692. The third kappa shape index (κ3) is 2.33. The highest BCUT2D eigenvalue weighted by Crippen LogP contribution is 2.08. The van der Waals surface area contributed by atoms with Crippen LogP contribution in [-0.4, -0.2) is 47.2 Å².